The van der Waals surface area contributed by atoms with Crippen LogP contribution in [0.3, 0.4) is 0 Å². The second-order valence-electron chi connectivity index (χ2n) is 4.92. The first-order valence-corrected chi connectivity index (χ1v) is 5.49. The van der Waals surface area contributed by atoms with Crippen LogP contribution < -0.4 is 0 Å². The lowest BCUT2D eigenvalue weighted by molar-refractivity contribution is -0.384. The molecule has 0 atom stereocenters. The summed E-state index contributed by atoms with van der Waals surface area (Å²) in [4.78, 5) is 10.1. The minimum atomic E-state index is -0.441. The number of nitro groups is 1. The number of oxime groups is 1. The molecule has 1 rings (SSSR count). The second-order valence-corrected chi connectivity index (χ2v) is 4.92. The van der Waals surface area contributed by atoms with E-state index in [0.717, 1.165) is 5.56 Å². The van der Waals surface area contributed by atoms with E-state index in [-0.39, 0.29) is 11.1 Å². The Hall–Kier alpha value is -2.17. The van der Waals surface area contributed by atoms with Crippen molar-refractivity contribution in [3.63, 3.8) is 0 Å². The molecule has 0 aromatic heterocycles. The van der Waals surface area contributed by atoms with Crippen molar-refractivity contribution >= 4 is 17.5 Å². The Morgan fingerprint density at radius 1 is 1.33 bits per heavy atom. The minimum Gasteiger partial charge on any atom is -0.411 e. The van der Waals surface area contributed by atoms with Gasteiger partial charge in [0.25, 0.3) is 5.69 Å². The van der Waals surface area contributed by atoms with Crippen LogP contribution >= 0.6 is 0 Å². The lowest BCUT2D eigenvalue weighted by atomic mass is 9.89. The average molecular weight is 248 g/mol. The predicted octanol–water partition coefficient (Wildman–Crippen LogP) is 3.48. The van der Waals surface area contributed by atoms with Crippen molar-refractivity contribution in [1.29, 1.82) is 0 Å². The largest absolute Gasteiger partial charge is 0.411 e. The SMILES string of the molecule is CC(C)(C)C(/C=C/c1ccc([N+](=O)[O-])cc1)=N/O. The number of allylic oxidation sites excluding steroid dienone is 1. The second kappa shape index (κ2) is 5.44. The van der Waals surface area contributed by atoms with Gasteiger partial charge in [0.2, 0.25) is 0 Å². The molecule has 0 fully saturated rings. The van der Waals surface area contributed by atoms with Crippen molar-refractivity contribution in [1.82, 2.24) is 0 Å². The predicted molar refractivity (Wildman–Crippen MR) is 70.8 cm³/mol. The summed E-state index contributed by atoms with van der Waals surface area (Å²) >= 11 is 0. The molecule has 0 aliphatic rings. The Morgan fingerprint density at radius 3 is 2.28 bits per heavy atom. The maximum atomic E-state index is 10.5. The smallest absolute Gasteiger partial charge is 0.269 e. The molecule has 1 aromatic rings. The number of hydrogen-bond donors (Lipinski definition) is 1. The van der Waals surface area contributed by atoms with Crippen LogP contribution in [0.4, 0.5) is 5.69 Å². The number of nitro benzene ring substituents is 1. The van der Waals surface area contributed by atoms with Crippen LogP contribution in [0.2, 0.25) is 0 Å². The molecule has 96 valence electrons. The number of hydrogen-bond acceptors (Lipinski definition) is 4. The van der Waals surface area contributed by atoms with Gasteiger partial charge in [0.1, 0.15) is 0 Å². The Morgan fingerprint density at radius 2 is 1.89 bits per heavy atom. The summed E-state index contributed by atoms with van der Waals surface area (Å²) in [6.07, 6.45) is 3.45. The van der Waals surface area contributed by atoms with E-state index in [2.05, 4.69) is 5.16 Å². The van der Waals surface area contributed by atoms with Crippen molar-refractivity contribution in [2.75, 3.05) is 0 Å². The lowest BCUT2D eigenvalue weighted by Gasteiger charge is -2.16. The van der Waals surface area contributed by atoms with E-state index >= 15 is 0 Å². The van der Waals surface area contributed by atoms with Crippen molar-refractivity contribution in [3.8, 4) is 0 Å². The summed E-state index contributed by atoms with van der Waals surface area (Å²) in [5.74, 6) is 0. The van der Waals surface area contributed by atoms with Gasteiger partial charge in [-0.25, -0.2) is 0 Å². The third kappa shape index (κ3) is 3.69. The molecular formula is C13H16N2O3. The molecule has 5 nitrogen and oxygen atoms in total. The Kier molecular flexibility index (Phi) is 4.20. The highest BCUT2D eigenvalue weighted by Crippen LogP contribution is 2.18. The minimum absolute atomic E-state index is 0.0546. The van der Waals surface area contributed by atoms with Gasteiger partial charge in [0.05, 0.1) is 10.6 Å². The van der Waals surface area contributed by atoms with E-state index in [4.69, 9.17) is 5.21 Å². The Bertz CT molecular complexity index is 482. The Balaban J connectivity index is 2.88. The fraction of sp³-hybridized carbons (Fsp3) is 0.308. The zero-order chi connectivity index (χ0) is 13.8. The van der Waals surface area contributed by atoms with Gasteiger partial charge in [-0.1, -0.05) is 32.0 Å². The first-order chi connectivity index (χ1) is 8.34. The first kappa shape index (κ1) is 13.9. The lowest BCUT2D eigenvalue weighted by Crippen LogP contribution is -2.17. The number of benzene rings is 1. The summed E-state index contributed by atoms with van der Waals surface area (Å²) in [6, 6.07) is 6.16. The number of nitrogens with zero attached hydrogens (tertiary/aromatic N) is 2. The van der Waals surface area contributed by atoms with Crippen molar-refractivity contribution < 1.29 is 10.1 Å². The van der Waals surface area contributed by atoms with Gasteiger partial charge in [-0.2, -0.15) is 0 Å². The molecule has 0 saturated heterocycles. The molecule has 1 N–H and O–H groups in total. The molecule has 0 unspecified atom stereocenters. The molecule has 0 bridgehead atoms. The van der Waals surface area contributed by atoms with Crippen LogP contribution in [0.5, 0.6) is 0 Å². The summed E-state index contributed by atoms with van der Waals surface area (Å²) in [7, 11) is 0. The van der Waals surface area contributed by atoms with Crippen LogP contribution in [-0.4, -0.2) is 15.8 Å². The zero-order valence-electron chi connectivity index (χ0n) is 10.6. The highest BCUT2D eigenvalue weighted by molar-refractivity contribution is 6.01. The quantitative estimate of drug-likeness (QED) is 0.385. The third-order valence-corrected chi connectivity index (χ3v) is 2.41. The highest BCUT2D eigenvalue weighted by atomic mass is 16.6. The van der Waals surface area contributed by atoms with Gasteiger partial charge in [-0.05, 0) is 23.8 Å². The van der Waals surface area contributed by atoms with Crippen LogP contribution in [0.1, 0.15) is 26.3 Å². The van der Waals surface area contributed by atoms with Crippen molar-refractivity contribution in [2.24, 2.45) is 10.6 Å². The van der Waals surface area contributed by atoms with Gasteiger partial charge in [-0.3, -0.25) is 10.1 Å². The van der Waals surface area contributed by atoms with Gasteiger partial charge in [0, 0.05) is 17.5 Å². The number of non-ortho nitro benzene ring substituents is 1. The molecule has 5 heteroatoms. The van der Waals surface area contributed by atoms with Crippen LogP contribution in [0.25, 0.3) is 6.08 Å². The van der Waals surface area contributed by atoms with E-state index in [1.165, 1.54) is 12.1 Å². The fourth-order valence-corrected chi connectivity index (χ4v) is 1.32. The standard InChI is InChI=1S/C13H16N2O3/c1-13(2,3)12(14-16)9-6-10-4-7-11(8-5-10)15(17)18/h4-9,16H,1-3H3/b9-6+,14-12+. The van der Waals surface area contributed by atoms with Crippen LogP contribution in [0, 0.1) is 15.5 Å². The molecule has 0 saturated carbocycles. The van der Waals surface area contributed by atoms with Crippen LogP contribution in [0.15, 0.2) is 35.5 Å². The van der Waals surface area contributed by atoms with E-state index in [0.29, 0.717) is 5.71 Å². The van der Waals surface area contributed by atoms with Crippen LogP contribution in [-0.2, 0) is 0 Å². The monoisotopic (exact) mass is 248 g/mol. The van der Waals surface area contributed by atoms with E-state index in [1.54, 1.807) is 24.3 Å². The molecule has 18 heavy (non-hydrogen) atoms. The summed E-state index contributed by atoms with van der Waals surface area (Å²) in [6.45, 7) is 5.80. The van der Waals surface area contributed by atoms with E-state index < -0.39 is 4.92 Å². The summed E-state index contributed by atoms with van der Waals surface area (Å²) in [5, 5.41) is 22.6. The molecular weight excluding hydrogens is 232 g/mol. The molecule has 0 amide bonds. The molecule has 0 spiro atoms. The number of rotatable bonds is 3. The molecule has 0 heterocycles. The van der Waals surface area contributed by atoms with Gasteiger partial charge in [0.15, 0.2) is 0 Å². The fourth-order valence-electron chi connectivity index (χ4n) is 1.32. The topological polar surface area (TPSA) is 75.7 Å². The van der Waals surface area contributed by atoms with Gasteiger partial charge in [-0.15, -0.1) is 0 Å². The van der Waals surface area contributed by atoms with Gasteiger partial charge >= 0.3 is 0 Å². The summed E-state index contributed by atoms with van der Waals surface area (Å²) in [5.41, 5.74) is 1.15. The highest BCUT2D eigenvalue weighted by Gasteiger charge is 2.16. The zero-order valence-corrected chi connectivity index (χ0v) is 10.6. The average Bonchev–Trinajstić information content (AvgIpc) is 2.28. The van der Waals surface area contributed by atoms with Crippen molar-refractivity contribution in [2.45, 2.75) is 20.8 Å². The normalized spacial score (nSPS) is 12.9. The molecule has 0 radical (unpaired) electrons. The van der Waals surface area contributed by atoms with Crippen molar-refractivity contribution in [3.05, 3.63) is 46.0 Å². The van der Waals surface area contributed by atoms with E-state index in [1.807, 2.05) is 20.8 Å². The van der Waals surface area contributed by atoms with E-state index in [9.17, 15) is 10.1 Å². The Labute approximate surface area is 106 Å². The maximum absolute atomic E-state index is 10.5. The third-order valence-electron chi connectivity index (χ3n) is 2.41. The molecule has 0 aliphatic heterocycles. The molecule has 0 aliphatic carbocycles. The summed E-state index contributed by atoms with van der Waals surface area (Å²) < 4.78 is 0. The first-order valence-electron chi connectivity index (χ1n) is 5.49. The maximum Gasteiger partial charge on any atom is 0.269 e. The van der Waals surface area contributed by atoms with Gasteiger partial charge < -0.3 is 5.21 Å². The molecule has 1 aromatic carbocycles.